The highest BCUT2D eigenvalue weighted by molar-refractivity contribution is 5.96. The van der Waals surface area contributed by atoms with Gasteiger partial charge < -0.3 is 18.8 Å². The number of piperidine rings is 1. The minimum Gasteiger partial charge on any atom is -0.496 e. The summed E-state index contributed by atoms with van der Waals surface area (Å²) >= 11 is 0. The lowest BCUT2D eigenvalue weighted by Crippen LogP contribution is -2.39. The maximum atomic E-state index is 13.0. The number of hydrogen-bond acceptors (Lipinski definition) is 6. The second-order valence-electron chi connectivity index (χ2n) is 7.30. The van der Waals surface area contributed by atoms with E-state index < -0.39 is 0 Å². The average Bonchev–Trinajstić information content (AvgIpc) is 3.27. The van der Waals surface area contributed by atoms with Crippen molar-refractivity contribution in [1.82, 2.24) is 14.9 Å². The molecule has 7 nitrogen and oxygen atoms in total. The summed E-state index contributed by atoms with van der Waals surface area (Å²) in [5.74, 6) is 2.62. The minimum absolute atomic E-state index is 0.0665. The largest absolute Gasteiger partial charge is 0.496 e. The van der Waals surface area contributed by atoms with Crippen molar-refractivity contribution < 1.29 is 18.7 Å². The number of nitrogens with zero attached hydrogens (tertiary/aromatic N) is 3. The van der Waals surface area contributed by atoms with Crippen molar-refractivity contribution in [2.24, 2.45) is 0 Å². The standard InChI is InChI=1S/C23H25N3O4/c1-28-20-10-4-3-7-16(20)13-18-14-25-21(30-18)17-8-6-12-26(15-17)23(27)19-9-5-11-24-22(19)29-2/h3-5,7,9-11,14,17H,6,8,12-13,15H2,1-2H3. The Bertz CT molecular complexity index is 1020. The Morgan fingerprint density at radius 3 is 2.87 bits per heavy atom. The summed E-state index contributed by atoms with van der Waals surface area (Å²) in [5.41, 5.74) is 1.52. The molecular weight excluding hydrogens is 382 g/mol. The van der Waals surface area contributed by atoms with Crippen molar-refractivity contribution >= 4 is 5.91 Å². The molecule has 1 atom stereocenters. The highest BCUT2D eigenvalue weighted by Crippen LogP contribution is 2.30. The number of carbonyl (C=O) groups excluding carboxylic acids is 1. The third-order valence-electron chi connectivity index (χ3n) is 5.38. The zero-order valence-corrected chi connectivity index (χ0v) is 17.2. The van der Waals surface area contributed by atoms with Gasteiger partial charge in [0.05, 0.1) is 26.3 Å². The summed E-state index contributed by atoms with van der Waals surface area (Å²) in [6, 6.07) is 11.4. The van der Waals surface area contributed by atoms with Crippen molar-refractivity contribution in [2.45, 2.75) is 25.2 Å². The van der Waals surface area contributed by atoms with Crippen molar-refractivity contribution in [3.63, 3.8) is 0 Å². The van der Waals surface area contributed by atoms with Crippen LogP contribution in [0.25, 0.3) is 0 Å². The van der Waals surface area contributed by atoms with Crippen LogP contribution in [0.2, 0.25) is 0 Å². The molecule has 2 aromatic heterocycles. The van der Waals surface area contributed by atoms with Gasteiger partial charge in [-0.2, -0.15) is 0 Å². The van der Waals surface area contributed by atoms with Crippen molar-refractivity contribution in [3.05, 3.63) is 71.6 Å². The molecular formula is C23H25N3O4. The summed E-state index contributed by atoms with van der Waals surface area (Å²) in [4.78, 5) is 23.5. The van der Waals surface area contributed by atoms with Crippen LogP contribution in [-0.2, 0) is 6.42 Å². The van der Waals surface area contributed by atoms with Crippen molar-refractivity contribution in [3.8, 4) is 11.6 Å². The number of ether oxygens (including phenoxy) is 2. The fourth-order valence-corrected chi connectivity index (χ4v) is 3.88. The monoisotopic (exact) mass is 407 g/mol. The van der Waals surface area contributed by atoms with Crippen LogP contribution in [0.4, 0.5) is 0 Å². The number of methoxy groups -OCH3 is 2. The van der Waals surface area contributed by atoms with Crippen molar-refractivity contribution in [1.29, 1.82) is 0 Å². The summed E-state index contributed by atoms with van der Waals surface area (Å²) in [5, 5.41) is 0. The Morgan fingerprint density at radius 2 is 2.03 bits per heavy atom. The zero-order chi connectivity index (χ0) is 20.9. The Morgan fingerprint density at radius 1 is 1.17 bits per heavy atom. The van der Waals surface area contributed by atoms with Gasteiger partial charge in [-0.3, -0.25) is 4.79 Å². The van der Waals surface area contributed by atoms with Crippen LogP contribution in [0.1, 0.15) is 46.3 Å². The Kier molecular flexibility index (Phi) is 5.97. The molecule has 1 aliphatic heterocycles. The maximum absolute atomic E-state index is 13.0. The van der Waals surface area contributed by atoms with Crippen LogP contribution in [0, 0.1) is 0 Å². The number of likely N-dealkylation sites (tertiary alicyclic amines) is 1. The molecule has 3 aromatic rings. The van der Waals surface area contributed by atoms with Gasteiger partial charge in [0.1, 0.15) is 17.1 Å². The number of para-hydroxylation sites is 1. The van der Waals surface area contributed by atoms with Crippen LogP contribution in [0.15, 0.2) is 53.2 Å². The van der Waals surface area contributed by atoms with E-state index in [4.69, 9.17) is 13.9 Å². The summed E-state index contributed by atoms with van der Waals surface area (Å²) in [6.45, 7) is 1.26. The number of carbonyl (C=O) groups is 1. The summed E-state index contributed by atoms with van der Waals surface area (Å²) < 4.78 is 16.7. The van der Waals surface area contributed by atoms with Crippen LogP contribution in [0.3, 0.4) is 0 Å². The first-order valence-electron chi connectivity index (χ1n) is 10.0. The summed E-state index contributed by atoms with van der Waals surface area (Å²) in [6.07, 6.45) is 5.82. The number of rotatable bonds is 6. The van der Waals surface area contributed by atoms with Gasteiger partial charge in [0.15, 0.2) is 5.89 Å². The fourth-order valence-electron chi connectivity index (χ4n) is 3.88. The van der Waals surface area contributed by atoms with E-state index in [1.807, 2.05) is 29.2 Å². The first-order valence-corrected chi connectivity index (χ1v) is 10.0. The number of amides is 1. The molecule has 1 aliphatic rings. The van der Waals surface area contributed by atoms with Gasteiger partial charge >= 0.3 is 0 Å². The minimum atomic E-state index is -0.0783. The molecule has 0 spiro atoms. The number of benzene rings is 1. The normalized spacial score (nSPS) is 16.3. The molecule has 0 radical (unpaired) electrons. The zero-order valence-electron chi connectivity index (χ0n) is 17.2. The predicted octanol–water partition coefficient (Wildman–Crippen LogP) is 3.70. The second kappa shape index (κ2) is 8.98. The molecule has 30 heavy (non-hydrogen) atoms. The number of aromatic nitrogens is 2. The van der Waals surface area contributed by atoms with Gasteiger partial charge in [0.2, 0.25) is 5.88 Å². The lowest BCUT2D eigenvalue weighted by Gasteiger charge is -2.31. The molecule has 156 valence electrons. The number of hydrogen-bond donors (Lipinski definition) is 0. The van der Waals surface area contributed by atoms with E-state index in [9.17, 15) is 4.79 Å². The van der Waals surface area contributed by atoms with E-state index in [1.165, 1.54) is 7.11 Å². The lowest BCUT2D eigenvalue weighted by atomic mass is 9.97. The third-order valence-corrected chi connectivity index (χ3v) is 5.38. The van der Waals surface area contributed by atoms with Crippen LogP contribution in [-0.4, -0.2) is 48.1 Å². The van der Waals surface area contributed by atoms with E-state index >= 15 is 0 Å². The van der Waals surface area contributed by atoms with E-state index in [0.717, 1.165) is 29.9 Å². The topological polar surface area (TPSA) is 77.7 Å². The van der Waals surface area contributed by atoms with Gasteiger partial charge in [-0.05, 0) is 31.0 Å². The Labute approximate surface area is 175 Å². The third kappa shape index (κ3) is 4.15. The van der Waals surface area contributed by atoms with Gasteiger partial charge in [-0.25, -0.2) is 9.97 Å². The molecule has 4 rings (SSSR count). The molecule has 1 saturated heterocycles. The van der Waals surface area contributed by atoms with Crippen molar-refractivity contribution in [2.75, 3.05) is 27.3 Å². The predicted molar refractivity (Wildman–Crippen MR) is 111 cm³/mol. The van der Waals surface area contributed by atoms with E-state index in [0.29, 0.717) is 36.8 Å². The quantitative estimate of drug-likeness (QED) is 0.620. The lowest BCUT2D eigenvalue weighted by molar-refractivity contribution is 0.0693. The van der Waals surface area contributed by atoms with Gasteiger partial charge in [0, 0.05) is 31.3 Å². The van der Waals surface area contributed by atoms with E-state index in [-0.39, 0.29) is 11.8 Å². The van der Waals surface area contributed by atoms with Gasteiger partial charge in [-0.1, -0.05) is 18.2 Å². The fraction of sp³-hybridized carbons (Fsp3) is 0.348. The molecule has 7 heteroatoms. The molecule has 1 unspecified atom stereocenters. The highest BCUT2D eigenvalue weighted by atomic mass is 16.5. The maximum Gasteiger partial charge on any atom is 0.259 e. The molecule has 1 aromatic carbocycles. The van der Waals surface area contributed by atoms with Gasteiger partial charge in [0.25, 0.3) is 5.91 Å². The van der Waals surface area contributed by atoms with Crippen LogP contribution >= 0.6 is 0 Å². The molecule has 3 heterocycles. The van der Waals surface area contributed by atoms with Crippen LogP contribution in [0.5, 0.6) is 11.6 Å². The summed E-state index contributed by atoms with van der Waals surface area (Å²) in [7, 11) is 3.18. The number of pyridine rings is 1. The second-order valence-corrected chi connectivity index (χ2v) is 7.30. The Balaban J connectivity index is 1.47. The van der Waals surface area contributed by atoms with Gasteiger partial charge in [-0.15, -0.1) is 0 Å². The molecule has 0 saturated carbocycles. The Hall–Kier alpha value is -3.35. The molecule has 0 bridgehead atoms. The smallest absolute Gasteiger partial charge is 0.259 e. The SMILES string of the molecule is COc1ccccc1Cc1cnc(C2CCCN(C(=O)c3cccnc3OC)C2)o1. The van der Waals surface area contributed by atoms with E-state index in [1.54, 1.807) is 31.6 Å². The molecule has 1 amide bonds. The first-order chi connectivity index (χ1) is 14.7. The number of oxazole rings is 1. The average molecular weight is 407 g/mol. The molecule has 0 N–H and O–H groups in total. The highest BCUT2D eigenvalue weighted by Gasteiger charge is 2.29. The molecule has 0 aliphatic carbocycles. The molecule has 1 fully saturated rings. The van der Waals surface area contributed by atoms with Crippen LogP contribution < -0.4 is 9.47 Å². The first kappa shape index (κ1) is 19.9. The van der Waals surface area contributed by atoms with E-state index in [2.05, 4.69) is 9.97 Å².